The Hall–Kier alpha value is -2.81. The van der Waals surface area contributed by atoms with Gasteiger partial charge < -0.3 is 4.57 Å². The molecule has 1 aromatic heterocycles. The van der Waals surface area contributed by atoms with Crippen LogP contribution in [0.15, 0.2) is 78.2 Å². The molecular weight excluding hydrogens is 258 g/mol. The number of hydrogen-bond acceptors (Lipinski definition) is 2. The average Bonchev–Trinajstić information content (AvgIpc) is 3.09. The van der Waals surface area contributed by atoms with Crippen LogP contribution in [0, 0.1) is 0 Å². The Bertz CT molecular complexity index is 770. The first-order valence-electron chi connectivity index (χ1n) is 7.03. The van der Waals surface area contributed by atoms with E-state index < -0.39 is 0 Å². The van der Waals surface area contributed by atoms with Gasteiger partial charge in [0, 0.05) is 23.6 Å². The molecule has 2 heterocycles. The van der Waals surface area contributed by atoms with Crippen LogP contribution >= 0.6 is 0 Å². The Morgan fingerprint density at radius 1 is 0.857 bits per heavy atom. The van der Waals surface area contributed by atoms with Crippen molar-refractivity contribution in [3.05, 3.63) is 89.7 Å². The van der Waals surface area contributed by atoms with Crippen LogP contribution in [-0.2, 0) is 0 Å². The zero-order valence-electron chi connectivity index (χ0n) is 11.5. The molecule has 0 saturated carbocycles. The van der Waals surface area contributed by atoms with Crippen LogP contribution in [0.2, 0.25) is 0 Å². The van der Waals surface area contributed by atoms with Gasteiger partial charge in [-0.25, -0.2) is 0 Å². The van der Waals surface area contributed by atoms with E-state index >= 15 is 0 Å². The van der Waals surface area contributed by atoms with Crippen LogP contribution in [0.25, 0.3) is 5.69 Å². The minimum atomic E-state index is 0.116. The largest absolute Gasteiger partial charge is 0.324 e. The van der Waals surface area contributed by atoms with Crippen LogP contribution in [0.4, 0.5) is 0 Å². The standard InChI is InChI=1S/C18H15N3/c1-2-6-17-15(5-1)13-19-20-18(17)14-7-9-16(10-8-14)21-11-3-4-12-21/h1-13,18,20H/t18-/m0/s1. The average molecular weight is 273 g/mol. The summed E-state index contributed by atoms with van der Waals surface area (Å²) in [6.45, 7) is 0. The van der Waals surface area contributed by atoms with Gasteiger partial charge in [-0.15, -0.1) is 0 Å². The van der Waals surface area contributed by atoms with E-state index in [9.17, 15) is 0 Å². The molecule has 0 fully saturated rings. The van der Waals surface area contributed by atoms with Gasteiger partial charge in [0.2, 0.25) is 0 Å². The highest BCUT2D eigenvalue weighted by Gasteiger charge is 2.18. The summed E-state index contributed by atoms with van der Waals surface area (Å²) in [4.78, 5) is 0. The molecule has 21 heavy (non-hydrogen) atoms. The summed E-state index contributed by atoms with van der Waals surface area (Å²) in [7, 11) is 0. The Kier molecular flexibility index (Phi) is 2.82. The van der Waals surface area contributed by atoms with Crippen molar-refractivity contribution in [1.82, 2.24) is 9.99 Å². The second-order valence-corrected chi connectivity index (χ2v) is 5.13. The van der Waals surface area contributed by atoms with Crippen LogP contribution in [0.1, 0.15) is 22.7 Å². The molecule has 0 amide bonds. The van der Waals surface area contributed by atoms with Gasteiger partial charge in [0.15, 0.2) is 0 Å². The molecule has 4 rings (SSSR count). The van der Waals surface area contributed by atoms with Gasteiger partial charge in [-0.3, -0.25) is 5.43 Å². The third-order valence-electron chi connectivity index (χ3n) is 3.84. The molecule has 2 aromatic carbocycles. The van der Waals surface area contributed by atoms with Crippen molar-refractivity contribution < 1.29 is 0 Å². The van der Waals surface area contributed by atoms with Crippen molar-refractivity contribution in [3.63, 3.8) is 0 Å². The molecule has 0 spiro atoms. The zero-order chi connectivity index (χ0) is 14.1. The molecule has 1 N–H and O–H groups in total. The van der Waals surface area contributed by atoms with E-state index in [0.717, 1.165) is 5.69 Å². The Balaban J connectivity index is 1.70. The number of hydrogen-bond donors (Lipinski definition) is 1. The fraction of sp³-hybridized carbons (Fsp3) is 0.0556. The van der Waals surface area contributed by atoms with E-state index in [-0.39, 0.29) is 6.04 Å². The van der Waals surface area contributed by atoms with Crippen LogP contribution in [0.3, 0.4) is 0 Å². The molecule has 0 bridgehead atoms. The van der Waals surface area contributed by atoms with Crippen molar-refractivity contribution in [2.24, 2.45) is 5.10 Å². The van der Waals surface area contributed by atoms with Gasteiger partial charge >= 0.3 is 0 Å². The van der Waals surface area contributed by atoms with Crippen LogP contribution < -0.4 is 5.43 Å². The molecule has 3 aromatic rings. The maximum Gasteiger partial charge on any atom is 0.0946 e. The molecule has 3 nitrogen and oxygen atoms in total. The maximum atomic E-state index is 4.27. The number of fused-ring (bicyclic) bond motifs is 1. The first kappa shape index (κ1) is 12.0. The second-order valence-electron chi connectivity index (χ2n) is 5.13. The van der Waals surface area contributed by atoms with Crippen LogP contribution in [0.5, 0.6) is 0 Å². The third-order valence-corrected chi connectivity index (χ3v) is 3.84. The van der Waals surface area contributed by atoms with Crippen molar-refractivity contribution >= 4 is 6.21 Å². The lowest BCUT2D eigenvalue weighted by Crippen LogP contribution is -2.22. The van der Waals surface area contributed by atoms with Gasteiger partial charge in [-0.2, -0.15) is 5.10 Å². The smallest absolute Gasteiger partial charge is 0.0946 e. The normalized spacial score (nSPS) is 16.3. The van der Waals surface area contributed by atoms with E-state index in [4.69, 9.17) is 0 Å². The lowest BCUT2D eigenvalue weighted by Gasteiger charge is -2.23. The molecule has 0 radical (unpaired) electrons. The SMILES string of the molecule is C1=NN[C@@H](c2ccc(-n3cccc3)cc2)c2ccccc21. The summed E-state index contributed by atoms with van der Waals surface area (Å²) in [5.41, 5.74) is 8.03. The lowest BCUT2D eigenvalue weighted by molar-refractivity contribution is 0.631. The number of rotatable bonds is 2. The summed E-state index contributed by atoms with van der Waals surface area (Å²) in [5.74, 6) is 0. The summed E-state index contributed by atoms with van der Waals surface area (Å²) in [5, 5.41) is 4.27. The van der Waals surface area contributed by atoms with E-state index in [1.54, 1.807) is 0 Å². The quantitative estimate of drug-likeness (QED) is 0.760. The summed E-state index contributed by atoms with van der Waals surface area (Å²) < 4.78 is 2.10. The van der Waals surface area contributed by atoms with Gasteiger partial charge in [0.1, 0.15) is 0 Å². The van der Waals surface area contributed by atoms with Crippen molar-refractivity contribution in [2.45, 2.75) is 6.04 Å². The first-order chi connectivity index (χ1) is 10.4. The summed E-state index contributed by atoms with van der Waals surface area (Å²) in [6, 6.07) is 21.1. The minimum absolute atomic E-state index is 0.116. The number of hydrazone groups is 1. The molecule has 1 aliphatic rings. The van der Waals surface area contributed by atoms with E-state index in [1.165, 1.54) is 16.7 Å². The topological polar surface area (TPSA) is 29.3 Å². The van der Waals surface area contributed by atoms with Gasteiger partial charge in [0.05, 0.1) is 12.3 Å². The first-order valence-corrected chi connectivity index (χ1v) is 7.03. The number of benzene rings is 2. The van der Waals surface area contributed by atoms with Gasteiger partial charge in [-0.1, -0.05) is 36.4 Å². The highest BCUT2D eigenvalue weighted by molar-refractivity contribution is 5.83. The van der Waals surface area contributed by atoms with Gasteiger partial charge in [0.25, 0.3) is 0 Å². The number of nitrogens with zero attached hydrogens (tertiary/aromatic N) is 2. The Labute approximate surface area is 123 Å². The van der Waals surface area contributed by atoms with Gasteiger partial charge in [-0.05, 0) is 35.4 Å². The molecule has 1 atom stereocenters. The lowest BCUT2D eigenvalue weighted by atomic mass is 9.94. The second kappa shape index (κ2) is 4.94. The number of nitrogens with one attached hydrogen (secondary N) is 1. The molecule has 0 aliphatic carbocycles. The minimum Gasteiger partial charge on any atom is -0.324 e. The summed E-state index contributed by atoms with van der Waals surface area (Å²) >= 11 is 0. The fourth-order valence-corrected chi connectivity index (χ4v) is 2.74. The molecular formula is C18H15N3. The zero-order valence-corrected chi connectivity index (χ0v) is 11.5. The predicted molar refractivity (Wildman–Crippen MR) is 84.8 cm³/mol. The van der Waals surface area contributed by atoms with Crippen molar-refractivity contribution in [1.29, 1.82) is 0 Å². The molecule has 1 aliphatic heterocycles. The summed E-state index contributed by atoms with van der Waals surface area (Å²) in [6.07, 6.45) is 5.97. The maximum absolute atomic E-state index is 4.27. The fourth-order valence-electron chi connectivity index (χ4n) is 2.74. The van der Waals surface area contributed by atoms with Crippen LogP contribution in [-0.4, -0.2) is 10.8 Å². The molecule has 0 unspecified atom stereocenters. The monoisotopic (exact) mass is 273 g/mol. The van der Waals surface area contributed by atoms with E-state index in [1.807, 2.05) is 36.8 Å². The van der Waals surface area contributed by atoms with E-state index in [0.29, 0.717) is 0 Å². The molecule has 0 saturated heterocycles. The van der Waals surface area contributed by atoms with Crippen molar-refractivity contribution in [2.75, 3.05) is 0 Å². The number of aromatic nitrogens is 1. The Morgan fingerprint density at radius 2 is 1.62 bits per heavy atom. The third kappa shape index (κ3) is 2.13. The highest BCUT2D eigenvalue weighted by atomic mass is 15.3. The van der Waals surface area contributed by atoms with Crippen molar-refractivity contribution in [3.8, 4) is 5.69 Å². The van der Waals surface area contributed by atoms with E-state index in [2.05, 4.69) is 57.6 Å². The predicted octanol–water partition coefficient (Wildman–Crippen LogP) is 3.50. The molecule has 3 heteroatoms. The Morgan fingerprint density at radius 3 is 2.43 bits per heavy atom. The molecule has 102 valence electrons. The highest BCUT2D eigenvalue weighted by Crippen LogP contribution is 2.27.